The van der Waals surface area contributed by atoms with E-state index in [0.29, 0.717) is 47.0 Å². The molecule has 1 unspecified atom stereocenters. The summed E-state index contributed by atoms with van der Waals surface area (Å²) in [6.07, 6.45) is -3.27. The summed E-state index contributed by atoms with van der Waals surface area (Å²) < 4.78 is 50.4. The second-order valence-electron chi connectivity index (χ2n) is 6.45. The molecule has 150 valence electrons. The predicted molar refractivity (Wildman–Crippen MR) is 95.7 cm³/mol. The van der Waals surface area contributed by atoms with E-state index in [1.807, 2.05) is 6.92 Å². The zero-order valence-corrected chi connectivity index (χ0v) is 15.3. The third-order valence-electron chi connectivity index (χ3n) is 4.20. The molecular weight excluding hydrogens is 377 g/mol. The number of hydrogen-bond donors (Lipinski definition) is 1. The quantitative estimate of drug-likeness (QED) is 0.843. The summed E-state index contributed by atoms with van der Waals surface area (Å²) in [5, 5.41) is 2.59. The van der Waals surface area contributed by atoms with Crippen LogP contribution in [0.15, 0.2) is 35.3 Å². The molecule has 1 aromatic heterocycles. The van der Waals surface area contributed by atoms with Crippen molar-refractivity contribution in [2.75, 3.05) is 11.9 Å². The average molecular weight is 396 g/mol. The number of alkyl halides is 3. The van der Waals surface area contributed by atoms with E-state index in [2.05, 4.69) is 5.32 Å². The molecular formula is C19H19F3N2O4. The van der Waals surface area contributed by atoms with Crippen molar-refractivity contribution in [1.29, 1.82) is 0 Å². The van der Waals surface area contributed by atoms with Crippen LogP contribution in [0.4, 0.5) is 18.9 Å². The van der Waals surface area contributed by atoms with Gasteiger partial charge in [-0.2, -0.15) is 13.2 Å². The van der Waals surface area contributed by atoms with E-state index in [1.165, 1.54) is 0 Å². The molecule has 1 N–H and O–H groups in total. The van der Waals surface area contributed by atoms with Crippen molar-refractivity contribution >= 4 is 11.6 Å². The fourth-order valence-electron chi connectivity index (χ4n) is 2.98. The Bertz CT molecular complexity index is 953. The molecule has 0 spiro atoms. The molecule has 0 saturated heterocycles. The number of hydrogen-bond acceptors (Lipinski definition) is 4. The van der Waals surface area contributed by atoms with E-state index >= 15 is 0 Å². The minimum Gasteiger partial charge on any atom is -0.492 e. The second-order valence-corrected chi connectivity index (χ2v) is 6.45. The first kappa shape index (κ1) is 19.8. The molecule has 0 aliphatic carbocycles. The minimum atomic E-state index is -4.61. The van der Waals surface area contributed by atoms with Crippen LogP contribution in [0.2, 0.25) is 0 Å². The van der Waals surface area contributed by atoms with Crippen molar-refractivity contribution in [2.24, 2.45) is 0 Å². The van der Waals surface area contributed by atoms with Gasteiger partial charge in [0, 0.05) is 30.3 Å². The van der Waals surface area contributed by atoms with Crippen molar-refractivity contribution in [3.05, 3.63) is 51.9 Å². The number of fused-ring (bicyclic) bond motifs is 1. The number of ether oxygens (including phenoxy) is 2. The third-order valence-corrected chi connectivity index (χ3v) is 4.20. The minimum absolute atomic E-state index is 0.000821. The first-order valence-electron chi connectivity index (χ1n) is 8.71. The van der Waals surface area contributed by atoms with E-state index in [4.69, 9.17) is 9.47 Å². The molecule has 0 radical (unpaired) electrons. The Morgan fingerprint density at radius 3 is 2.79 bits per heavy atom. The number of benzene rings is 1. The van der Waals surface area contributed by atoms with Crippen LogP contribution in [0, 0.1) is 0 Å². The van der Waals surface area contributed by atoms with Crippen molar-refractivity contribution in [2.45, 2.75) is 39.1 Å². The Kier molecular flexibility index (Phi) is 5.35. The number of amides is 1. The van der Waals surface area contributed by atoms with Crippen LogP contribution in [-0.2, 0) is 23.9 Å². The van der Waals surface area contributed by atoms with Gasteiger partial charge in [0.15, 0.2) is 0 Å². The maximum Gasteiger partial charge on any atom is 0.417 e. The van der Waals surface area contributed by atoms with E-state index in [1.54, 1.807) is 19.1 Å². The summed E-state index contributed by atoms with van der Waals surface area (Å²) in [7, 11) is 0. The number of nitrogens with one attached hydrogen (secondary N) is 1. The summed E-state index contributed by atoms with van der Waals surface area (Å²) in [5.74, 6) is 0.388. The maximum atomic E-state index is 12.8. The smallest absolute Gasteiger partial charge is 0.417 e. The Labute approximate surface area is 158 Å². The van der Waals surface area contributed by atoms with Gasteiger partial charge in [0.1, 0.15) is 24.1 Å². The highest BCUT2D eigenvalue weighted by atomic mass is 19.4. The lowest BCUT2D eigenvalue weighted by molar-refractivity contribution is -0.138. The standard InChI is InChI=1S/C19H19F3N2O4/c1-3-27-16-7-12-6-11(2)28-15(12)8-14(16)23-17(25)10-24-9-13(19(20,21)22)4-5-18(24)26/h4-5,7-9,11H,3,6,10H2,1-2H3,(H,23,25). The fraction of sp³-hybridized carbons (Fsp3) is 0.368. The van der Waals surface area contributed by atoms with Crippen LogP contribution < -0.4 is 20.3 Å². The van der Waals surface area contributed by atoms with Crippen molar-refractivity contribution in [1.82, 2.24) is 4.57 Å². The molecule has 1 atom stereocenters. The van der Waals surface area contributed by atoms with Gasteiger partial charge in [0.05, 0.1) is 17.9 Å². The molecule has 1 aliphatic heterocycles. The molecule has 1 aromatic carbocycles. The van der Waals surface area contributed by atoms with Crippen LogP contribution >= 0.6 is 0 Å². The summed E-state index contributed by atoms with van der Waals surface area (Å²) in [5.41, 5.74) is -0.433. The Balaban J connectivity index is 1.82. The van der Waals surface area contributed by atoms with E-state index in [-0.39, 0.29) is 6.10 Å². The number of carbonyl (C=O) groups is 1. The van der Waals surface area contributed by atoms with Gasteiger partial charge >= 0.3 is 6.18 Å². The van der Waals surface area contributed by atoms with Gasteiger partial charge < -0.3 is 19.4 Å². The number of aromatic nitrogens is 1. The zero-order valence-electron chi connectivity index (χ0n) is 15.3. The molecule has 1 aliphatic rings. The molecule has 0 bridgehead atoms. The van der Waals surface area contributed by atoms with E-state index < -0.39 is 29.8 Å². The first-order chi connectivity index (χ1) is 13.2. The van der Waals surface area contributed by atoms with Crippen LogP contribution in [0.5, 0.6) is 11.5 Å². The summed E-state index contributed by atoms with van der Waals surface area (Å²) in [6.45, 7) is 3.51. The lowest BCUT2D eigenvalue weighted by Gasteiger charge is -2.14. The van der Waals surface area contributed by atoms with Gasteiger partial charge in [0.2, 0.25) is 5.91 Å². The molecule has 2 heterocycles. The number of pyridine rings is 1. The zero-order chi connectivity index (χ0) is 20.5. The van der Waals surface area contributed by atoms with Gasteiger partial charge in [-0.1, -0.05) is 0 Å². The van der Waals surface area contributed by atoms with Crippen molar-refractivity contribution in [3.63, 3.8) is 0 Å². The van der Waals surface area contributed by atoms with Gasteiger partial charge in [-0.25, -0.2) is 0 Å². The Hall–Kier alpha value is -2.97. The second kappa shape index (κ2) is 7.57. The van der Waals surface area contributed by atoms with Gasteiger partial charge in [-0.15, -0.1) is 0 Å². The SMILES string of the molecule is CCOc1cc2c(cc1NC(=O)Cn1cc(C(F)(F)F)ccc1=O)OC(C)C2. The van der Waals surface area contributed by atoms with E-state index in [9.17, 15) is 22.8 Å². The number of rotatable bonds is 5. The summed E-state index contributed by atoms with van der Waals surface area (Å²) in [4.78, 5) is 24.2. The highest BCUT2D eigenvalue weighted by Crippen LogP contribution is 2.38. The van der Waals surface area contributed by atoms with Gasteiger partial charge in [-0.05, 0) is 26.0 Å². The fourth-order valence-corrected chi connectivity index (χ4v) is 2.98. The average Bonchev–Trinajstić information content (AvgIpc) is 2.95. The summed E-state index contributed by atoms with van der Waals surface area (Å²) >= 11 is 0. The van der Waals surface area contributed by atoms with Crippen LogP contribution in [-0.4, -0.2) is 23.2 Å². The topological polar surface area (TPSA) is 69.6 Å². The number of halogens is 3. The molecule has 0 saturated carbocycles. The molecule has 3 rings (SSSR count). The molecule has 2 aromatic rings. The number of nitrogens with zero attached hydrogens (tertiary/aromatic N) is 1. The molecule has 9 heteroatoms. The van der Waals surface area contributed by atoms with Gasteiger partial charge in [-0.3, -0.25) is 9.59 Å². The van der Waals surface area contributed by atoms with Crippen LogP contribution in [0.3, 0.4) is 0 Å². The lowest BCUT2D eigenvalue weighted by atomic mass is 10.1. The Morgan fingerprint density at radius 2 is 2.11 bits per heavy atom. The van der Waals surface area contributed by atoms with Crippen LogP contribution in [0.1, 0.15) is 25.0 Å². The summed E-state index contributed by atoms with van der Waals surface area (Å²) in [6, 6.07) is 4.86. The number of carbonyl (C=O) groups excluding carboxylic acids is 1. The van der Waals surface area contributed by atoms with Crippen LogP contribution in [0.25, 0.3) is 0 Å². The highest BCUT2D eigenvalue weighted by molar-refractivity contribution is 5.92. The highest BCUT2D eigenvalue weighted by Gasteiger charge is 2.31. The Morgan fingerprint density at radius 1 is 1.36 bits per heavy atom. The lowest BCUT2D eigenvalue weighted by Crippen LogP contribution is -2.28. The third kappa shape index (κ3) is 4.29. The maximum absolute atomic E-state index is 12.8. The number of anilines is 1. The normalized spacial score (nSPS) is 15.7. The van der Waals surface area contributed by atoms with Crippen molar-refractivity contribution in [3.8, 4) is 11.5 Å². The molecule has 6 nitrogen and oxygen atoms in total. The first-order valence-corrected chi connectivity index (χ1v) is 8.71. The monoisotopic (exact) mass is 396 g/mol. The van der Waals surface area contributed by atoms with E-state index in [0.717, 1.165) is 11.6 Å². The molecule has 0 fully saturated rings. The van der Waals surface area contributed by atoms with Crippen molar-refractivity contribution < 1.29 is 27.4 Å². The largest absolute Gasteiger partial charge is 0.492 e. The predicted octanol–water partition coefficient (Wildman–Crippen LogP) is 3.23. The van der Waals surface area contributed by atoms with Gasteiger partial charge in [0.25, 0.3) is 5.56 Å². The molecule has 1 amide bonds. The molecule has 28 heavy (non-hydrogen) atoms.